The molecule has 0 atom stereocenters. The van der Waals surface area contributed by atoms with Gasteiger partial charge in [-0.05, 0) is 25.1 Å². The number of halogens is 3. The zero-order chi connectivity index (χ0) is 14.7. The highest BCUT2D eigenvalue weighted by Crippen LogP contribution is 2.18. The lowest BCUT2D eigenvalue weighted by Crippen LogP contribution is -2.10. The maximum absolute atomic E-state index is 13.3. The number of hydrogen-bond acceptors (Lipinski definition) is 2. The van der Waals surface area contributed by atoms with Crippen molar-refractivity contribution in [2.24, 2.45) is 0 Å². The fourth-order valence-corrected chi connectivity index (χ4v) is 1.49. The van der Waals surface area contributed by atoms with Gasteiger partial charge >= 0.3 is 0 Å². The van der Waals surface area contributed by atoms with Crippen LogP contribution in [0.25, 0.3) is 6.08 Å². The largest absolute Gasteiger partial charge is 0.462 e. The molecule has 1 aromatic heterocycles. The van der Waals surface area contributed by atoms with Crippen molar-refractivity contribution in [3.63, 3.8) is 0 Å². The first-order valence-corrected chi connectivity index (χ1v) is 5.66. The molecular weight excluding hydrogens is 271 g/mol. The Bertz CT molecular complexity index is 677. The quantitative estimate of drug-likeness (QED) is 0.689. The molecule has 0 aliphatic heterocycles. The van der Waals surface area contributed by atoms with Crippen LogP contribution in [0, 0.1) is 24.4 Å². The molecule has 1 amide bonds. The predicted molar refractivity (Wildman–Crippen MR) is 67.4 cm³/mol. The van der Waals surface area contributed by atoms with Gasteiger partial charge in [0, 0.05) is 18.2 Å². The maximum atomic E-state index is 13.3. The minimum absolute atomic E-state index is 0.366. The highest BCUT2D eigenvalue weighted by molar-refractivity contribution is 6.01. The molecule has 0 aliphatic carbocycles. The van der Waals surface area contributed by atoms with Crippen LogP contribution in [0.5, 0.6) is 0 Å². The van der Waals surface area contributed by atoms with Crippen LogP contribution in [0.3, 0.4) is 0 Å². The number of carbonyl (C=O) groups excluding carboxylic acids is 1. The van der Waals surface area contributed by atoms with Crippen LogP contribution >= 0.6 is 0 Å². The van der Waals surface area contributed by atoms with Crippen molar-refractivity contribution in [3.05, 3.63) is 59.3 Å². The third-order valence-electron chi connectivity index (χ3n) is 2.43. The molecule has 20 heavy (non-hydrogen) atoms. The van der Waals surface area contributed by atoms with Gasteiger partial charge in [-0.2, -0.15) is 0 Å². The number of anilines is 1. The van der Waals surface area contributed by atoms with Gasteiger partial charge in [-0.15, -0.1) is 0 Å². The van der Waals surface area contributed by atoms with Crippen molar-refractivity contribution in [1.82, 2.24) is 0 Å². The Morgan fingerprint density at radius 2 is 1.85 bits per heavy atom. The van der Waals surface area contributed by atoms with E-state index in [1.165, 1.54) is 6.08 Å². The molecule has 0 saturated heterocycles. The molecule has 104 valence electrons. The normalized spacial score (nSPS) is 11.0. The lowest BCUT2D eigenvalue weighted by molar-refractivity contribution is -0.111. The van der Waals surface area contributed by atoms with Gasteiger partial charge in [0.2, 0.25) is 5.91 Å². The number of furan rings is 1. The van der Waals surface area contributed by atoms with Crippen molar-refractivity contribution in [2.45, 2.75) is 6.92 Å². The van der Waals surface area contributed by atoms with E-state index in [2.05, 4.69) is 5.32 Å². The van der Waals surface area contributed by atoms with E-state index in [0.717, 1.165) is 6.08 Å². The molecule has 1 heterocycles. The van der Waals surface area contributed by atoms with Gasteiger partial charge in [-0.1, -0.05) is 0 Å². The summed E-state index contributed by atoms with van der Waals surface area (Å²) in [6.07, 6.45) is 2.47. The summed E-state index contributed by atoms with van der Waals surface area (Å²) in [4.78, 5) is 11.5. The summed E-state index contributed by atoms with van der Waals surface area (Å²) in [6, 6.07) is 4.31. The zero-order valence-electron chi connectivity index (χ0n) is 10.4. The third-order valence-corrected chi connectivity index (χ3v) is 2.43. The van der Waals surface area contributed by atoms with Crippen LogP contribution in [0.4, 0.5) is 18.9 Å². The smallest absolute Gasteiger partial charge is 0.248 e. The summed E-state index contributed by atoms with van der Waals surface area (Å²) in [5.74, 6) is -3.18. The summed E-state index contributed by atoms with van der Waals surface area (Å²) in [7, 11) is 0. The number of aryl methyl sites for hydroxylation is 1. The van der Waals surface area contributed by atoms with E-state index in [0.29, 0.717) is 23.7 Å². The standard InChI is InChI=1S/C14H10F3NO2/c1-8-2-3-9(20-8)4-5-14(19)18-13-7-11(16)10(15)6-12(13)17/h2-7H,1H3,(H,18,19). The van der Waals surface area contributed by atoms with Crippen LogP contribution in [0.1, 0.15) is 11.5 Å². The molecule has 0 fully saturated rings. The van der Waals surface area contributed by atoms with E-state index >= 15 is 0 Å². The number of amides is 1. The fourth-order valence-electron chi connectivity index (χ4n) is 1.49. The van der Waals surface area contributed by atoms with E-state index in [-0.39, 0.29) is 0 Å². The van der Waals surface area contributed by atoms with Gasteiger partial charge in [-0.25, -0.2) is 13.2 Å². The summed E-state index contributed by atoms with van der Waals surface area (Å²) in [6.45, 7) is 1.74. The molecule has 1 aromatic carbocycles. The van der Waals surface area contributed by atoms with Crippen molar-refractivity contribution in [1.29, 1.82) is 0 Å². The van der Waals surface area contributed by atoms with Gasteiger partial charge in [0.05, 0.1) is 5.69 Å². The Morgan fingerprint density at radius 3 is 2.50 bits per heavy atom. The average Bonchev–Trinajstić information content (AvgIpc) is 2.79. The minimum Gasteiger partial charge on any atom is -0.462 e. The number of rotatable bonds is 3. The Morgan fingerprint density at radius 1 is 1.15 bits per heavy atom. The average molecular weight is 281 g/mol. The maximum Gasteiger partial charge on any atom is 0.248 e. The second-order valence-corrected chi connectivity index (χ2v) is 4.02. The van der Waals surface area contributed by atoms with Crippen LogP contribution < -0.4 is 5.32 Å². The van der Waals surface area contributed by atoms with Gasteiger partial charge in [0.25, 0.3) is 0 Å². The van der Waals surface area contributed by atoms with Crippen molar-refractivity contribution in [3.8, 4) is 0 Å². The van der Waals surface area contributed by atoms with Crippen molar-refractivity contribution < 1.29 is 22.4 Å². The molecule has 0 spiro atoms. The molecule has 2 rings (SSSR count). The molecule has 3 nitrogen and oxygen atoms in total. The van der Waals surface area contributed by atoms with Crippen LogP contribution in [0.15, 0.2) is 34.8 Å². The van der Waals surface area contributed by atoms with Gasteiger partial charge in [0.15, 0.2) is 11.6 Å². The number of nitrogens with one attached hydrogen (secondary N) is 1. The van der Waals surface area contributed by atoms with Crippen molar-refractivity contribution >= 4 is 17.7 Å². The summed E-state index contributed by atoms with van der Waals surface area (Å²) in [5.41, 5.74) is -0.436. The van der Waals surface area contributed by atoms with E-state index in [4.69, 9.17) is 4.42 Å². The molecule has 1 N–H and O–H groups in total. The van der Waals surface area contributed by atoms with Crippen LogP contribution in [0.2, 0.25) is 0 Å². The van der Waals surface area contributed by atoms with Crippen LogP contribution in [-0.4, -0.2) is 5.91 Å². The molecular formula is C14H10F3NO2. The van der Waals surface area contributed by atoms with Crippen molar-refractivity contribution in [2.75, 3.05) is 5.32 Å². The minimum atomic E-state index is -1.32. The number of benzene rings is 1. The molecule has 0 saturated carbocycles. The first-order valence-electron chi connectivity index (χ1n) is 5.66. The highest BCUT2D eigenvalue weighted by Gasteiger charge is 2.11. The molecule has 0 aliphatic rings. The van der Waals surface area contributed by atoms with Gasteiger partial charge in [-0.3, -0.25) is 4.79 Å². The Hall–Kier alpha value is -2.50. The Kier molecular flexibility index (Phi) is 3.93. The number of carbonyl (C=O) groups is 1. The van der Waals surface area contributed by atoms with E-state index in [1.54, 1.807) is 19.1 Å². The molecule has 0 bridgehead atoms. The molecule has 0 unspecified atom stereocenters. The lowest BCUT2D eigenvalue weighted by atomic mass is 10.2. The highest BCUT2D eigenvalue weighted by atomic mass is 19.2. The van der Waals surface area contributed by atoms with Gasteiger partial charge in [0.1, 0.15) is 17.3 Å². The monoisotopic (exact) mass is 281 g/mol. The second kappa shape index (κ2) is 5.64. The third kappa shape index (κ3) is 3.28. The van der Waals surface area contributed by atoms with E-state index < -0.39 is 29.0 Å². The number of hydrogen-bond donors (Lipinski definition) is 1. The lowest BCUT2D eigenvalue weighted by Gasteiger charge is -2.04. The fraction of sp³-hybridized carbons (Fsp3) is 0.0714. The van der Waals surface area contributed by atoms with E-state index in [9.17, 15) is 18.0 Å². The molecule has 6 heteroatoms. The first-order chi connectivity index (χ1) is 9.45. The Labute approximate surface area is 112 Å². The van der Waals surface area contributed by atoms with Crippen LogP contribution in [-0.2, 0) is 4.79 Å². The van der Waals surface area contributed by atoms with E-state index in [1.807, 2.05) is 0 Å². The summed E-state index contributed by atoms with van der Waals surface area (Å²) in [5, 5.41) is 2.11. The molecule has 0 radical (unpaired) electrons. The molecule has 2 aromatic rings. The zero-order valence-corrected chi connectivity index (χ0v) is 10.4. The van der Waals surface area contributed by atoms with Gasteiger partial charge < -0.3 is 9.73 Å². The SMILES string of the molecule is Cc1ccc(C=CC(=O)Nc2cc(F)c(F)cc2F)o1. The second-order valence-electron chi connectivity index (χ2n) is 4.02. The summed E-state index contributed by atoms with van der Waals surface area (Å²) >= 11 is 0. The first kappa shape index (κ1) is 13.9. The Balaban J connectivity index is 2.08. The summed E-state index contributed by atoms with van der Waals surface area (Å²) < 4.78 is 44.1. The predicted octanol–water partition coefficient (Wildman–Crippen LogP) is 3.66. The topological polar surface area (TPSA) is 42.2 Å².